The van der Waals surface area contributed by atoms with Crippen molar-refractivity contribution in [2.45, 2.75) is 79.1 Å². The van der Waals surface area contributed by atoms with Gasteiger partial charge in [-0.2, -0.15) is 0 Å². The van der Waals surface area contributed by atoms with Gasteiger partial charge in [-0.1, -0.05) is 33.8 Å². The standard InChI is InChI=1S/C22H34N4O3S/c1-13(2)17-9-16-11-29-12-19(16)22(14(3)4)18(17)10-21(27)26-30(24,28)20(23)7-8-25-15(5)6/h7-9,13-15H,10-12,23H2,1-6H3,(H2,24,26,27,28)/b20-7+,25-8?. The van der Waals surface area contributed by atoms with Crippen molar-refractivity contribution in [3.8, 4) is 0 Å². The first-order valence-corrected chi connectivity index (χ1v) is 11.8. The second-order valence-corrected chi connectivity index (χ2v) is 10.3. The minimum absolute atomic E-state index is 0.0237. The maximum Gasteiger partial charge on any atom is 0.259 e. The quantitative estimate of drug-likeness (QED) is 0.636. The fourth-order valence-corrected chi connectivity index (χ4v) is 4.35. The number of amides is 1. The number of carbonyl (C=O) groups excluding carboxylic acids is 1. The molecule has 0 saturated heterocycles. The molecule has 30 heavy (non-hydrogen) atoms. The highest BCUT2D eigenvalue weighted by atomic mass is 32.2. The Morgan fingerprint density at radius 3 is 2.43 bits per heavy atom. The monoisotopic (exact) mass is 434 g/mol. The third-order valence-corrected chi connectivity index (χ3v) is 6.23. The van der Waals surface area contributed by atoms with Crippen molar-refractivity contribution < 1.29 is 13.7 Å². The van der Waals surface area contributed by atoms with Crippen LogP contribution in [0.2, 0.25) is 0 Å². The highest BCUT2D eigenvalue weighted by Crippen LogP contribution is 2.37. The van der Waals surface area contributed by atoms with Gasteiger partial charge in [0.05, 0.1) is 19.6 Å². The Balaban J connectivity index is 2.45. The van der Waals surface area contributed by atoms with Gasteiger partial charge in [-0.15, -0.1) is 4.36 Å². The van der Waals surface area contributed by atoms with Crippen LogP contribution in [-0.4, -0.2) is 22.4 Å². The molecule has 1 aliphatic heterocycles. The van der Waals surface area contributed by atoms with Crippen molar-refractivity contribution in [3.63, 3.8) is 0 Å². The summed E-state index contributed by atoms with van der Waals surface area (Å²) in [4.78, 5) is 16.9. The molecule has 0 fully saturated rings. The molecule has 1 amide bonds. The third-order valence-electron chi connectivity index (χ3n) is 4.95. The molecule has 1 unspecified atom stereocenters. The molecule has 0 radical (unpaired) electrons. The third kappa shape index (κ3) is 5.77. The van der Waals surface area contributed by atoms with Gasteiger partial charge in [0.15, 0.2) is 9.92 Å². The summed E-state index contributed by atoms with van der Waals surface area (Å²) in [6.45, 7) is 13.3. The summed E-state index contributed by atoms with van der Waals surface area (Å²) in [6.07, 6.45) is 2.79. The molecule has 2 rings (SSSR count). The lowest BCUT2D eigenvalue weighted by Gasteiger charge is -2.22. The van der Waals surface area contributed by atoms with Crippen molar-refractivity contribution in [3.05, 3.63) is 45.0 Å². The van der Waals surface area contributed by atoms with E-state index >= 15 is 0 Å². The Bertz CT molecular complexity index is 985. The maximum atomic E-state index is 12.8. The zero-order chi connectivity index (χ0) is 22.6. The van der Waals surface area contributed by atoms with Crippen LogP contribution in [0.1, 0.15) is 81.2 Å². The summed E-state index contributed by atoms with van der Waals surface area (Å²) in [5.74, 6) is -0.126. The average Bonchev–Trinajstić information content (AvgIpc) is 3.07. The van der Waals surface area contributed by atoms with E-state index < -0.39 is 15.8 Å². The van der Waals surface area contributed by atoms with Gasteiger partial charge in [0.25, 0.3) is 5.91 Å². The molecule has 1 aliphatic rings. The summed E-state index contributed by atoms with van der Waals surface area (Å²) in [5.41, 5.74) is 11.3. The smallest absolute Gasteiger partial charge is 0.259 e. The molecule has 1 atom stereocenters. The Kier molecular flexibility index (Phi) is 7.96. The number of aliphatic imine (C=N–C) groups is 1. The second kappa shape index (κ2) is 9.85. The molecule has 4 N–H and O–H groups in total. The van der Waals surface area contributed by atoms with Crippen LogP contribution in [-0.2, 0) is 39.1 Å². The minimum Gasteiger partial charge on any atom is -0.390 e. The lowest BCUT2D eigenvalue weighted by atomic mass is 9.82. The van der Waals surface area contributed by atoms with E-state index in [9.17, 15) is 9.00 Å². The molecular weight excluding hydrogens is 400 g/mol. The number of allylic oxidation sites excluding steroid dienone is 1. The lowest BCUT2D eigenvalue weighted by Crippen LogP contribution is -2.23. The first kappa shape index (κ1) is 24.2. The zero-order valence-electron chi connectivity index (χ0n) is 18.8. The number of nitrogens with zero attached hydrogens (tertiary/aromatic N) is 2. The number of ether oxygens (including phenoxy) is 1. The molecule has 0 aromatic heterocycles. The Labute approximate surface area is 180 Å². The molecule has 7 nitrogen and oxygen atoms in total. The summed E-state index contributed by atoms with van der Waals surface area (Å²) < 4.78 is 22.1. The Morgan fingerprint density at radius 1 is 1.20 bits per heavy atom. The van der Waals surface area contributed by atoms with E-state index in [1.165, 1.54) is 17.9 Å². The molecule has 1 aromatic carbocycles. The van der Waals surface area contributed by atoms with Crippen LogP contribution in [0.4, 0.5) is 0 Å². The summed E-state index contributed by atoms with van der Waals surface area (Å²) in [5, 5.41) is 5.61. The molecule has 166 valence electrons. The van der Waals surface area contributed by atoms with Crippen molar-refractivity contribution in [1.82, 2.24) is 0 Å². The highest BCUT2D eigenvalue weighted by Gasteiger charge is 2.26. The van der Waals surface area contributed by atoms with Crippen LogP contribution < -0.4 is 10.9 Å². The highest BCUT2D eigenvalue weighted by molar-refractivity contribution is 7.95. The summed E-state index contributed by atoms with van der Waals surface area (Å²) in [6, 6.07) is 2.19. The van der Waals surface area contributed by atoms with Gasteiger partial charge in [-0.25, -0.2) is 9.35 Å². The largest absolute Gasteiger partial charge is 0.390 e. The maximum absolute atomic E-state index is 12.8. The fourth-order valence-electron chi connectivity index (χ4n) is 3.62. The minimum atomic E-state index is -3.51. The van der Waals surface area contributed by atoms with Crippen molar-refractivity contribution in [2.24, 2.45) is 20.2 Å². The molecule has 0 saturated carbocycles. The normalized spacial score (nSPS) is 16.5. The SMILES string of the molecule is CC(C)N=C/C=C(\N)S(N)(=O)=NC(=O)Cc1c(C(C)C)cc2c(c1C(C)C)COC2. The van der Waals surface area contributed by atoms with E-state index in [2.05, 4.69) is 43.1 Å². The number of benzene rings is 1. The Morgan fingerprint density at radius 2 is 1.87 bits per heavy atom. The molecular formula is C22H34N4O3S. The second-order valence-electron chi connectivity index (χ2n) is 8.49. The van der Waals surface area contributed by atoms with Gasteiger partial charge in [0.1, 0.15) is 5.03 Å². The van der Waals surface area contributed by atoms with E-state index in [0.717, 1.165) is 22.3 Å². The van der Waals surface area contributed by atoms with Gasteiger partial charge in [-0.05, 0) is 59.6 Å². The summed E-state index contributed by atoms with van der Waals surface area (Å²) in [7, 11) is -3.51. The van der Waals surface area contributed by atoms with Crippen LogP contribution in [0, 0.1) is 0 Å². The molecule has 0 bridgehead atoms. The molecule has 1 aromatic rings. The number of carbonyl (C=O) groups is 1. The fraction of sp³-hybridized carbons (Fsp3) is 0.545. The number of hydrogen-bond acceptors (Lipinski definition) is 5. The Hall–Kier alpha value is -2.03. The predicted octanol–water partition coefficient (Wildman–Crippen LogP) is 3.65. The van der Waals surface area contributed by atoms with Crippen LogP contribution in [0.3, 0.4) is 0 Å². The van der Waals surface area contributed by atoms with Crippen molar-refractivity contribution in [1.29, 1.82) is 0 Å². The van der Waals surface area contributed by atoms with E-state index in [1.54, 1.807) is 0 Å². The van der Waals surface area contributed by atoms with Gasteiger partial charge < -0.3 is 10.5 Å². The van der Waals surface area contributed by atoms with Crippen LogP contribution >= 0.6 is 0 Å². The zero-order valence-corrected chi connectivity index (χ0v) is 19.6. The van der Waals surface area contributed by atoms with Gasteiger partial charge >= 0.3 is 0 Å². The molecule has 0 spiro atoms. The van der Waals surface area contributed by atoms with Crippen LogP contribution in [0.5, 0.6) is 0 Å². The van der Waals surface area contributed by atoms with Crippen LogP contribution in [0.15, 0.2) is 26.5 Å². The number of hydrogen-bond donors (Lipinski definition) is 2. The average molecular weight is 435 g/mol. The molecule has 1 heterocycles. The van der Waals surface area contributed by atoms with E-state index in [1.807, 2.05) is 13.8 Å². The summed E-state index contributed by atoms with van der Waals surface area (Å²) >= 11 is 0. The van der Waals surface area contributed by atoms with E-state index in [-0.39, 0.29) is 29.3 Å². The van der Waals surface area contributed by atoms with Gasteiger partial charge in [0, 0.05) is 12.3 Å². The number of rotatable bonds is 7. The number of fused-ring (bicyclic) bond motifs is 1. The van der Waals surface area contributed by atoms with Crippen molar-refractivity contribution >= 4 is 22.0 Å². The predicted molar refractivity (Wildman–Crippen MR) is 122 cm³/mol. The lowest BCUT2D eigenvalue weighted by molar-refractivity contribution is -0.117. The van der Waals surface area contributed by atoms with Crippen LogP contribution in [0.25, 0.3) is 0 Å². The van der Waals surface area contributed by atoms with Crippen molar-refractivity contribution in [2.75, 3.05) is 0 Å². The first-order chi connectivity index (χ1) is 13.9. The van der Waals surface area contributed by atoms with E-state index in [0.29, 0.717) is 13.2 Å². The molecule has 8 heteroatoms. The van der Waals surface area contributed by atoms with E-state index in [4.69, 9.17) is 15.6 Å². The first-order valence-electron chi connectivity index (χ1n) is 10.3. The topological polar surface area (TPSA) is 120 Å². The number of nitrogens with two attached hydrogens (primary N) is 2. The van der Waals surface area contributed by atoms with Gasteiger partial charge in [-0.3, -0.25) is 9.79 Å². The van der Waals surface area contributed by atoms with Gasteiger partial charge in [0.2, 0.25) is 0 Å². The molecule has 0 aliphatic carbocycles.